The zero-order chi connectivity index (χ0) is 44.2. The molecule has 350 valence electrons. The molecular weight excluding hydrogens is 781 g/mol. The number of carbonyl (C=O) groups is 3. The van der Waals surface area contributed by atoms with Crippen LogP contribution in [0, 0.1) is 0 Å². The Morgan fingerprint density at radius 2 is 0.917 bits per heavy atom. The van der Waals surface area contributed by atoms with Gasteiger partial charge in [-0.15, -0.1) is 0 Å². The first kappa shape index (κ1) is 57.7. The van der Waals surface area contributed by atoms with Crippen LogP contribution in [0.5, 0.6) is 0 Å². The van der Waals surface area contributed by atoms with Crippen LogP contribution in [0.1, 0.15) is 219 Å². The molecule has 0 spiro atoms. The number of allylic oxidation sites excluding steroid dienone is 6. The van der Waals surface area contributed by atoms with E-state index in [1.54, 1.807) is 0 Å². The van der Waals surface area contributed by atoms with E-state index in [0.29, 0.717) is 12.8 Å². The Hall–Kier alpha value is -2.30. The van der Waals surface area contributed by atoms with Gasteiger partial charge in [-0.2, -0.15) is 0 Å². The number of aliphatic carboxylic acids is 1. The van der Waals surface area contributed by atoms with Crippen molar-refractivity contribution < 1.29 is 47.5 Å². The smallest absolute Gasteiger partial charge is 0.472 e. The molecule has 0 bridgehead atoms. The van der Waals surface area contributed by atoms with E-state index in [1.165, 1.54) is 141 Å². The molecule has 60 heavy (non-hydrogen) atoms. The van der Waals surface area contributed by atoms with Crippen molar-refractivity contribution >= 4 is 25.7 Å². The van der Waals surface area contributed by atoms with Crippen molar-refractivity contribution in [3.63, 3.8) is 0 Å². The maximum absolute atomic E-state index is 12.6. The second-order valence-corrected chi connectivity index (χ2v) is 17.7. The van der Waals surface area contributed by atoms with Crippen LogP contribution in [0.3, 0.4) is 0 Å². The Kier molecular flexibility index (Phi) is 41.7. The maximum atomic E-state index is 12.6. The van der Waals surface area contributed by atoms with Crippen LogP contribution < -0.4 is 5.73 Å². The summed E-state index contributed by atoms with van der Waals surface area (Å²) < 4.78 is 32.7. The molecule has 0 aromatic carbocycles. The van der Waals surface area contributed by atoms with Crippen LogP contribution in [0.15, 0.2) is 36.5 Å². The monoisotopic (exact) mass is 870 g/mol. The predicted molar refractivity (Wildman–Crippen MR) is 245 cm³/mol. The number of hydrogen-bond acceptors (Lipinski definition) is 9. The van der Waals surface area contributed by atoms with E-state index in [1.807, 2.05) is 12.2 Å². The van der Waals surface area contributed by atoms with Crippen LogP contribution in [0.4, 0.5) is 0 Å². The number of unbranched alkanes of at least 4 members (excludes halogenated alkanes) is 25. The van der Waals surface area contributed by atoms with Crippen LogP contribution in [0.2, 0.25) is 0 Å². The lowest BCUT2D eigenvalue weighted by Crippen LogP contribution is -2.34. The largest absolute Gasteiger partial charge is 0.480 e. The van der Waals surface area contributed by atoms with Crippen molar-refractivity contribution in [2.75, 3.05) is 19.8 Å². The van der Waals surface area contributed by atoms with E-state index in [4.69, 9.17) is 24.8 Å². The lowest BCUT2D eigenvalue weighted by molar-refractivity contribution is -0.161. The lowest BCUT2D eigenvalue weighted by Gasteiger charge is -2.20. The first-order valence-corrected chi connectivity index (χ1v) is 25.5. The average molecular weight is 870 g/mol. The Labute approximate surface area is 365 Å². The van der Waals surface area contributed by atoms with Gasteiger partial charge in [-0.1, -0.05) is 185 Å². The van der Waals surface area contributed by atoms with Gasteiger partial charge in [0.05, 0.1) is 13.2 Å². The van der Waals surface area contributed by atoms with Crippen LogP contribution in [-0.4, -0.2) is 59.9 Å². The molecule has 0 saturated heterocycles. The number of carboxylic acid groups (broad SMARTS) is 1. The second-order valence-electron chi connectivity index (χ2n) is 16.2. The molecule has 0 aliphatic rings. The molecule has 0 rings (SSSR count). The molecule has 0 amide bonds. The minimum atomic E-state index is -4.73. The summed E-state index contributed by atoms with van der Waals surface area (Å²) in [5, 5.41) is 8.89. The van der Waals surface area contributed by atoms with Crippen LogP contribution in [-0.2, 0) is 37.5 Å². The van der Waals surface area contributed by atoms with Gasteiger partial charge in [0.1, 0.15) is 12.6 Å². The van der Waals surface area contributed by atoms with Gasteiger partial charge in [-0.05, 0) is 57.8 Å². The minimum absolute atomic E-state index is 0.0549. The fourth-order valence-corrected chi connectivity index (χ4v) is 7.36. The molecule has 0 aliphatic carbocycles. The fourth-order valence-electron chi connectivity index (χ4n) is 6.58. The Morgan fingerprint density at radius 1 is 0.517 bits per heavy atom. The molecule has 0 aromatic heterocycles. The van der Waals surface area contributed by atoms with Gasteiger partial charge in [0.25, 0.3) is 0 Å². The zero-order valence-electron chi connectivity index (χ0n) is 38.1. The number of hydrogen-bond donors (Lipinski definition) is 3. The minimum Gasteiger partial charge on any atom is -0.480 e. The third-order valence-corrected chi connectivity index (χ3v) is 11.3. The molecule has 0 heterocycles. The van der Waals surface area contributed by atoms with Crippen molar-refractivity contribution in [3.8, 4) is 0 Å². The number of phosphoric acid groups is 1. The molecular formula is C48H88NO10P. The lowest BCUT2D eigenvalue weighted by atomic mass is 10.0. The number of carbonyl (C=O) groups excluding carboxylic acids is 2. The molecule has 12 heteroatoms. The average Bonchev–Trinajstić information content (AvgIpc) is 3.22. The first-order valence-electron chi connectivity index (χ1n) is 24.0. The highest BCUT2D eigenvalue weighted by Crippen LogP contribution is 2.43. The molecule has 0 fully saturated rings. The van der Waals surface area contributed by atoms with Gasteiger partial charge in [-0.3, -0.25) is 23.4 Å². The SMILES string of the molecule is CCCCCCCC/C=C/C/C=C/CCC(=O)OC(COC(=O)CCCCCCCCC/C=C/CCCCCCCCCCCCCC)COP(=O)(O)OC[C@H](N)C(=O)O. The van der Waals surface area contributed by atoms with Gasteiger partial charge in [0.15, 0.2) is 6.10 Å². The highest BCUT2D eigenvalue weighted by molar-refractivity contribution is 7.47. The van der Waals surface area contributed by atoms with E-state index >= 15 is 0 Å². The normalized spacial score (nSPS) is 13.9. The highest BCUT2D eigenvalue weighted by Gasteiger charge is 2.28. The molecule has 2 unspecified atom stereocenters. The molecule has 4 N–H and O–H groups in total. The summed E-state index contributed by atoms with van der Waals surface area (Å²) in [6, 6.07) is -1.53. The van der Waals surface area contributed by atoms with Crippen molar-refractivity contribution in [3.05, 3.63) is 36.5 Å². The van der Waals surface area contributed by atoms with Gasteiger partial charge in [0.2, 0.25) is 0 Å². The van der Waals surface area contributed by atoms with Gasteiger partial charge in [0, 0.05) is 12.8 Å². The molecule has 11 nitrogen and oxygen atoms in total. The van der Waals surface area contributed by atoms with Crippen molar-refractivity contribution in [1.29, 1.82) is 0 Å². The van der Waals surface area contributed by atoms with E-state index in [0.717, 1.165) is 38.5 Å². The molecule has 0 saturated carbocycles. The van der Waals surface area contributed by atoms with E-state index < -0.39 is 51.1 Å². The third-order valence-electron chi connectivity index (χ3n) is 10.4. The summed E-state index contributed by atoms with van der Waals surface area (Å²) in [6.07, 6.45) is 48.1. The van der Waals surface area contributed by atoms with E-state index in [2.05, 4.69) is 42.7 Å². The molecule has 0 aromatic rings. The Bertz CT molecular complexity index is 1160. The molecule has 3 atom stereocenters. The van der Waals surface area contributed by atoms with Crippen molar-refractivity contribution in [1.82, 2.24) is 0 Å². The topological polar surface area (TPSA) is 172 Å². The van der Waals surface area contributed by atoms with Crippen molar-refractivity contribution in [2.24, 2.45) is 5.73 Å². The second kappa shape index (κ2) is 43.4. The number of phosphoric ester groups is 1. The Morgan fingerprint density at radius 3 is 1.38 bits per heavy atom. The number of ether oxygens (including phenoxy) is 2. The van der Waals surface area contributed by atoms with Gasteiger partial charge in [-0.25, -0.2) is 4.57 Å². The quantitative estimate of drug-likeness (QED) is 0.0230. The summed E-state index contributed by atoms with van der Waals surface area (Å²) in [5.41, 5.74) is 5.33. The van der Waals surface area contributed by atoms with E-state index in [9.17, 15) is 23.8 Å². The maximum Gasteiger partial charge on any atom is 0.472 e. The molecule has 0 aliphatic heterocycles. The summed E-state index contributed by atoms with van der Waals surface area (Å²) in [5.74, 6) is -2.46. The standard InChI is InChI=1S/C48H88NO10P/c1-3-5-7-9-11-13-15-17-18-19-20-21-22-23-24-25-26-28-29-31-33-35-37-39-46(50)56-41-44(42-57-60(54,55)58-43-45(49)48(52)53)59-47(51)40-38-36-34-32-30-27-16-14-12-10-8-6-4-2/h23-24,27,30,34,36,44-45H,3-22,25-26,28-29,31-33,35,37-43,49H2,1-2H3,(H,52,53)(H,54,55)/b24-23+,30-27+,36-34+/t44?,45-/m0/s1. The van der Waals surface area contributed by atoms with Crippen molar-refractivity contribution in [2.45, 2.75) is 231 Å². The number of esters is 2. The van der Waals surface area contributed by atoms with E-state index in [-0.39, 0.29) is 19.4 Å². The molecule has 0 radical (unpaired) electrons. The fraction of sp³-hybridized carbons (Fsp3) is 0.812. The number of nitrogens with two attached hydrogens (primary N) is 1. The summed E-state index contributed by atoms with van der Waals surface area (Å²) in [4.78, 5) is 46.0. The van der Waals surface area contributed by atoms with Gasteiger partial charge >= 0.3 is 25.7 Å². The first-order chi connectivity index (χ1) is 29.1. The number of rotatable bonds is 45. The predicted octanol–water partition coefficient (Wildman–Crippen LogP) is 13.2. The highest BCUT2D eigenvalue weighted by atomic mass is 31.2. The summed E-state index contributed by atoms with van der Waals surface area (Å²) in [7, 11) is -4.73. The Balaban J connectivity index is 4.26. The van der Waals surface area contributed by atoms with Crippen LogP contribution >= 0.6 is 7.82 Å². The zero-order valence-corrected chi connectivity index (χ0v) is 38.9. The van der Waals surface area contributed by atoms with Gasteiger partial charge < -0.3 is 25.2 Å². The summed E-state index contributed by atoms with van der Waals surface area (Å²) >= 11 is 0. The third kappa shape index (κ3) is 42.4. The summed E-state index contributed by atoms with van der Waals surface area (Å²) in [6.45, 7) is 2.75. The number of carboxylic acids is 1. The van der Waals surface area contributed by atoms with Crippen LogP contribution in [0.25, 0.3) is 0 Å².